The zero-order valence-corrected chi connectivity index (χ0v) is 24.7. The van der Waals surface area contributed by atoms with Crippen molar-refractivity contribution in [2.24, 2.45) is 0 Å². The largest absolute Gasteiger partial charge is 0.444 e. The molecule has 3 N–H and O–H groups in total. The molecule has 0 radical (unpaired) electrons. The van der Waals surface area contributed by atoms with Crippen molar-refractivity contribution in [1.29, 1.82) is 0 Å². The van der Waals surface area contributed by atoms with E-state index in [2.05, 4.69) is 19.6 Å². The summed E-state index contributed by atoms with van der Waals surface area (Å²) in [6.45, 7) is 9.40. The van der Waals surface area contributed by atoms with E-state index >= 15 is 0 Å². The smallest absolute Gasteiger partial charge is 0.410 e. The fourth-order valence-electron chi connectivity index (χ4n) is 3.99. The minimum Gasteiger partial charge on any atom is -0.444 e. The highest BCUT2D eigenvalue weighted by Gasteiger charge is 2.29. The molecule has 2 aromatic heterocycles. The van der Waals surface area contributed by atoms with Crippen molar-refractivity contribution in [3.8, 4) is 21.8 Å². The molecule has 1 aromatic carbocycles. The van der Waals surface area contributed by atoms with Gasteiger partial charge >= 0.3 is 6.09 Å². The van der Waals surface area contributed by atoms with Crippen LogP contribution in [0.4, 0.5) is 21.6 Å². The van der Waals surface area contributed by atoms with Crippen molar-refractivity contribution in [3.05, 3.63) is 35.5 Å². The van der Waals surface area contributed by atoms with Gasteiger partial charge in [0.15, 0.2) is 5.13 Å². The van der Waals surface area contributed by atoms with Gasteiger partial charge in [-0.3, -0.25) is 4.72 Å². The fourth-order valence-corrected chi connectivity index (χ4v) is 6.55. The van der Waals surface area contributed by atoms with E-state index in [0.29, 0.717) is 59.6 Å². The maximum Gasteiger partial charge on any atom is 0.410 e. The van der Waals surface area contributed by atoms with E-state index in [0.717, 1.165) is 0 Å². The number of piperazine rings is 1. The van der Waals surface area contributed by atoms with Gasteiger partial charge in [-0.15, -0.1) is 0 Å². The Morgan fingerprint density at radius 1 is 1.18 bits per heavy atom. The van der Waals surface area contributed by atoms with Crippen LogP contribution in [0.15, 0.2) is 30.5 Å². The molecule has 1 amide bonds. The summed E-state index contributed by atoms with van der Waals surface area (Å²) in [6.07, 6.45) is 1.70. The quantitative estimate of drug-likeness (QED) is 0.398. The van der Waals surface area contributed by atoms with Gasteiger partial charge in [-0.2, -0.15) is 0 Å². The Bertz CT molecular complexity index is 1450. The highest BCUT2D eigenvalue weighted by molar-refractivity contribution is 7.92. The van der Waals surface area contributed by atoms with Crippen LogP contribution in [0.25, 0.3) is 21.8 Å². The van der Waals surface area contributed by atoms with Crippen LogP contribution >= 0.6 is 22.9 Å². The Kier molecular flexibility index (Phi) is 8.52. The van der Waals surface area contributed by atoms with Gasteiger partial charge in [0.05, 0.1) is 32.7 Å². The first-order valence-electron chi connectivity index (χ1n) is 12.5. The fraction of sp³-hybridized carbons (Fsp3) is 0.440. The van der Waals surface area contributed by atoms with E-state index in [9.17, 15) is 13.2 Å². The zero-order valence-electron chi connectivity index (χ0n) is 22.3. The molecule has 1 aliphatic heterocycles. The molecule has 0 bridgehead atoms. The van der Waals surface area contributed by atoms with Crippen LogP contribution in [0.5, 0.6) is 0 Å². The normalized spacial score (nSPS) is 14.4. The predicted octanol–water partition coefficient (Wildman–Crippen LogP) is 4.71. The van der Waals surface area contributed by atoms with Gasteiger partial charge in [-0.1, -0.05) is 42.0 Å². The van der Waals surface area contributed by atoms with E-state index in [1.165, 1.54) is 11.3 Å². The number of nitrogens with two attached hydrogens (primary N) is 1. The number of carbonyl (C=O) groups is 1. The molecule has 1 saturated heterocycles. The van der Waals surface area contributed by atoms with Crippen molar-refractivity contribution in [2.45, 2.75) is 39.7 Å². The van der Waals surface area contributed by atoms with E-state index in [-0.39, 0.29) is 28.5 Å². The highest BCUT2D eigenvalue weighted by atomic mass is 35.5. The van der Waals surface area contributed by atoms with Crippen molar-refractivity contribution in [3.63, 3.8) is 0 Å². The summed E-state index contributed by atoms with van der Waals surface area (Å²) >= 11 is 8.17. The lowest BCUT2D eigenvalue weighted by Gasteiger charge is -2.35. The standard InChI is InChI=1S/C25H32ClN7O4S2/c1-5-15-39(35,36)31-17-8-6-7-16(19(17)26)20-21(18-9-10-28-22(27)29-18)38-23(30-20)32-11-13-33(14-12-32)24(34)37-25(2,3)4/h6-10,31H,5,11-15H2,1-4H3,(H2,27,28,29). The van der Waals surface area contributed by atoms with Gasteiger partial charge in [0, 0.05) is 37.9 Å². The molecule has 0 saturated carbocycles. The maximum absolute atomic E-state index is 12.5. The summed E-state index contributed by atoms with van der Waals surface area (Å²) in [5.41, 5.74) is 7.25. The van der Waals surface area contributed by atoms with Crippen molar-refractivity contribution >= 4 is 55.8 Å². The average molecular weight is 594 g/mol. The molecule has 210 valence electrons. The van der Waals surface area contributed by atoms with Gasteiger partial charge in [-0.05, 0) is 39.3 Å². The Morgan fingerprint density at radius 3 is 2.54 bits per heavy atom. The summed E-state index contributed by atoms with van der Waals surface area (Å²) in [6, 6.07) is 6.86. The predicted molar refractivity (Wildman–Crippen MR) is 156 cm³/mol. The summed E-state index contributed by atoms with van der Waals surface area (Å²) in [5, 5.41) is 0.945. The van der Waals surface area contributed by atoms with Gasteiger partial charge in [0.1, 0.15) is 5.60 Å². The summed E-state index contributed by atoms with van der Waals surface area (Å²) in [5.74, 6) is 0.0985. The lowest BCUT2D eigenvalue weighted by atomic mass is 10.1. The number of aromatic nitrogens is 3. The van der Waals surface area contributed by atoms with Crippen LogP contribution in [0.3, 0.4) is 0 Å². The lowest BCUT2D eigenvalue weighted by Crippen LogP contribution is -2.50. The molecule has 3 heterocycles. The van der Waals surface area contributed by atoms with Gasteiger partial charge in [0.25, 0.3) is 0 Å². The van der Waals surface area contributed by atoms with Crippen LogP contribution in [-0.4, -0.2) is 71.9 Å². The molecule has 0 spiro atoms. The third kappa shape index (κ3) is 7.08. The first-order chi connectivity index (χ1) is 18.4. The number of nitrogens with zero attached hydrogens (tertiary/aromatic N) is 5. The van der Waals surface area contributed by atoms with E-state index < -0.39 is 15.6 Å². The number of thiazole rings is 1. The van der Waals surface area contributed by atoms with E-state index in [4.69, 9.17) is 27.1 Å². The van der Waals surface area contributed by atoms with Crippen LogP contribution < -0.4 is 15.4 Å². The molecule has 0 atom stereocenters. The van der Waals surface area contributed by atoms with E-state index in [1.807, 2.05) is 20.8 Å². The average Bonchev–Trinajstić information content (AvgIpc) is 3.29. The molecular weight excluding hydrogens is 562 g/mol. The molecule has 11 nitrogen and oxygen atoms in total. The Morgan fingerprint density at radius 2 is 1.90 bits per heavy atom. The summed E-state index contributed by atoms with van der Waals surface area (Å²) < 4.78 is 32.9. The molecule has 39 heavy (non-hydrogen) atoms. The highest BCUT2D eigenvalue weighted by Crippen LogP contribution is 2.44. The molecule has 1 aliphatic rings. The molecule has 1 fully saturated rings. The Labute approximate surface area is 237 Å². The second-order valence-corrected chi connectivity index (χ2v) is 13.2. The number of hydrogen-bond donors (Lipinski definition) is 2. The monoisotopic (exact) mass is 593 g/mol. The number of halogens is 1. The van der Waals surface area contributed by atoms with Crippen LogP contribution in [0, 0.1) is 0 Å². The van der Waals surface area contributed by atoms with Gasteiger partial charge in [0.2, 0.25) is 16.0 Å². The molecule has 0 unspecified atom stereocenters. The number of hydrogen-bond acceptors (Lipinski definition) is 10. The number of sulfonamides is 1. The summed E-state index contributed by atoms with van der Waals surface area (Å²) in [7, 11) is -3.55. The lowest BCUT2D eigenvalue weighted by molar-refractivity contribution is 0.0240. The van der Waals surface area contributed by atoms with Crippen LogP contribution in [-0.2, 0) is 14.8 Å². The number of anilines is 3. The number of ether oxygens (including phenoxy) is 1. The molecule has 3 aromatic rings. The maximum atomic E-state index is 12.5. The Balaban J connectivity index is 1.68. The number of carbonyl (C=O) groups excluding carboxylic acids is 1. The second kappa shape index (κ2) is 11.5. The third-order valence-corrected chi connectivity index (χ3v) is 8.74. The van der Waals surface area contributed by atoms with Gasteiger partial charge < -0.3 is 20.3 Å². The number of nitrogens with one attached hydrogen (secondary N) is 1. The number of rotatable bonds is 7. The van der Waals surface area contributed by atoms with Crippen molar-refractivity contribution < 1.29 is 17.9 Å². The minimum absolute atomic E-state index is 0.0187. The van der Waals surface area contributed by atoms with Crippen molar-refractivity contribution in [2.75, 3.05) is 47.3 Å². The number of amides is 1. The Hall–Kier alpha value is -3.16. The third-order valence-electron chi connectivity index (χ3n) is 5.72. The SMILES string of the molecule is CCCS(=O)(=O)Nc1cccc(-c2nc(N3CCN(C(=O)OC(C)(C)C)CC3)sc2-c2ccnc(N)n2)c1Cl. The van der Waals surface area contributed by atoms with Gasteiger partial charge in [-0.25, -0.2) is 28.2 Å². The number of nitrogen functional groups attached to an aromatic ring is 1. The van der Waals surface area contributed by atoms with Crippen LogP contribution in [0.2, 0.25) is 5.02 Å². The molecule has 4 rings (SSSR count). The first-order valence-corrected chi connectivity index (χ1v) is 15.3. The van der Waals surface area contributed by atoms with Crippen LogP contribution in [0.1, 0.15) is 34.1 Å². The second-order valence-electron chi connectivity index (χ2n) is 10.0. The number of benzene rings is 1. The molecule has 0 aliphatic carbocycles. The first kappa shape index (κ1) is 28.8. The summed E-state index contributed by atoms with van der Waals surface area (Å²) in [4.78, 5) is 30.3. The molecular formula is C25H32ClN7O4S2. The molecule has 14 heteroatoms. The zero-order chi connectivity index (χ0) is 28.4. The minimum atomic E-state index is -3.55. The van der Waals surface area contributed by atoms with Crippen molar-refractivity contribution in [1.82, 2.24) is 19.9 Å². The topological polar surface area (TPSA) is 144 Å². The van der Waals surface area contributed by atoms with E-state index in [1.54, 1.807) is 42.3 Å².